The van der Waals surface area contributed by atoms with Gasteiger partial charge in [0.05, 0.1) is 6.10 Å². The largest absolute Gasteiger partial charge is 1.00 e. The zero-order valence-corrected chi connectivity index (χ0v) is 18.1. The smallest absolute Gasteiger partial charge is 1.00 e. The second-order valence-electron chi connectivity index (χ2n) is 6.11. The van der Waals surface area contributed by atoms with Gasteiger partial charge in [-0.15, -0.1) is 0 Å². The molecule has 0 bridgehead atoms. The molecule has 0 aromatic heterocycles. The third-order valence-electron chi connectivity index (χ3n) is 4.01. The summed E-state index contributed by atoms with van der Waals surface area (Å²) in [6.45, 7) is 2.23. The maximum Gasteiger partial charge on any atom is 1.00 e. The van der Waals surface area contributed by atoms with Crippen LogP contribution in [0.2, 0.25) is 0 Å². The third kappa shape index (κ3) is 12.7. The molecule has 0 heterocycles. The van der Waals surface area contributed by atoms with Crippen molar-refractivity contribution in [2.45, 2.75) is 77.2 Å². The van der Waals surface area contributed by atoms with Gasteiger partial charge in [0, 0.05) is 0 Å². The van der Waals surface area contributed by atoms with Crippen LogP contribution >= 0.6 is 7.82 Å². The van der Waals surface area contributed by atoms with E-state index in [0.717, 1.165) is 18.4 Å². The van der Waals surface area contributed by atoms with Crippen molar-refractivity contribution in [1.82, 2.24) is 0 Å². The van der Waals surface area contributed by atoms with E-state index < -0.39 is 13.9 Å². The van der Waals surface area contributed by atoms with Crippen molar-refractivity contribution in [1.29, 1.82) is 0 Å². The molecule has 6 heteroatoms. The molecule has 4 nitrogen and oxygen atoms in total. The number of hydrogen-bond acceptors (Lipinski definition) is 2. The van der Waals surface area contributed by atoms with Crippen molar-refractivity contribution in [2.24, 2.45) is 0 Å². The Bertz CT molecular complexity index is 456. The van der Waals surface area contributed by atoms with Crippen LogP contribution in [0, 0.1) is 0 Å². The molecule has 0 aliphatic carbocycles. The second-order valence-corrected chi connectivity index (χ2v) is 7.30. The van der Waals surface area contributed by atoms with E-state index in [9.17, 15) is 4.57 Å². The predicted octanol–water partition coefficient (Wildman–Crippen LogP) is 2.87. The first-order chi connectivity index (χ1) is 11.0. The van der Waals surface area contributed by atoms with E-state index in [2.05, 4.69) is 6.92 Å². The fourth-order valence-corrected chi connectivity index (χ4v) is 3.31. The molecule has 24 heavy (non-hydrogen) atoms. The standard InChI is InChI=1S/C18H31O4P.Na.H/c1-2-3-4-5-6-7-8-9-13-16-18(22-23(19,20)21)17-14-11-10-12-15-17;;/h10-12,14-15,18H,2-9,13,16H2,1H3,(H2,19,20,21);;/q;+1;-1. The first-order valence-corrected chi connectivity index (χ1v) is 10.3. The Kier molecular flexibility index (Phi) is 14.7. The normalized spacial score (nSPS) is 12.6. The summed E-state index contributed by atoms with van der Waals surface area (Å²) >= 11 is 0. The first-order valence-electron chi connectivity index (χ1n) is 8.82. The maximum absolute atomic E-state index is 11.1. The molecule has 0 saturated carbocycles. The Morgan fingerprint density at radius 3 is 1.96 bits per heavy atom. The topological polar surface area (TPSA) is 66.8 Å². The SMILES string of the molecule is CCCCCCCCCCCC(OP(=O)(O)O)c1ccccc1.[H-].[Na+]. The molecular formula is C18H32NaO4P. The molecule has 0 aliphatic rings. The zero-order valence-electron chi connectivity index (χ0n) is 16.2. The van der Waals surface area contributed by atoms with E-state index in [1.807, 2.05) is 30.3 Å². The minimum Gasteiger partial charge on any atom is -1.00 e. The summed E-state index contributed by atoms with van der Waals surface area (Å²) in [5.74, 6) is 0. The Balaban J connectivity index is 0. The van der Waals surface area contributed by atoms with Crippen LogP contribution in [0.3, 0.4) is 0 Å². The van der Waals surface area contributed by atoms with Crippen LogP contribution in [-0.2, 0) is 9.09 Å². The molecule has 0 saturated heterocycles. The zero-order chi connectivity index (χ0) is 17.0. The number of benzene rings is 1. The molecule has 0 fully saturated rings. The van der Waals surface area contributed by atoms with Crippen LogP contribution < -0.4 is 29.6 Å². The van der Waals surface area contributed by atoms with Crippen molar-refractivity contribution in [3.8, 4) is 0 Å². The molecule has 1 unspecified atom stereocenters. The van der Waals surface area contributed by atoms with Gasteiger partial charge < -0.3 is 11.2 Å². The predicted molar refractivity (Wildman–Crippen MR) is 95.3 cm³/mol. The average molecular weight is 366 g/mol. The number of unbranched alkanes of at least 4 members (excludes halogenated alkanes) is 8. The number of phosphoric acid groups is 1. The molecule has 1 rings (SSSR count). The summed E-state index contributed by atoms with van der Waals surface area (Å²) < 4.78 is 16.1. The number of hydrogen-bond donors (Lipinski definition) is 2. The van der Waals surface area contributed by atoms with E-state index in [1.165, 1.54) is 44.9 Å². The minimum absolute atomic E-state index is 0. The van der Waals surface area contributed by atoms with Gasteiger partial charge in [0.15, 0.2) is 0 Å². The average Bonchev–Trinajstić information content (AvgIpc) is 2.52. The fraction of sp³-hybridized carbons (Fsp3) is 0.667. The molecule has 0 spiro atoms. The van der Waals surface area contributed by atoms with Crippen LogP contribution in [0.25, 0.3) is 0 Å². The van der Waals surface area contributed by atoms with Crippen molar-refractivity contribution < 1.29 is 49.9 Å². The van der Waals surface area contributed by atoms with Gasteiger partial charge in [-0.1, -0.05) is 95.0 Å². The van der Waals surface area contributed by atoms with Crippen LogP contribution in [0.5, 0.6) is 0 Å². The van der Waals surface area contributed by atoms with Crippen molar-refractivity contribution in [3.63, 3.8) is 0 Å². The summed E-state index contributed by atoms with van der Waals surface area (Å²) in [6, 6.07) is 9.32. The minimum atomic E-state index is -4.46. The number of rotatable bonds is 13. The van der Waals surface area contributed by atoms with Crippen molar-refractivity contribution in [3.05, 3.63) is 35.9 Å². The molecule has 1 aromatic rings. The Hall–Kier alpha value is 0.330. The van der Waals surface area contributed by atoms with Crippen molar-refractivity contribution in [2.75, 3.05) is 0 Å². The second kappa shape index (κ2) is 14.5. The van der Waals surface area contributed by atoms with Gasteiger partial charge in [-0.25, -0.2) is 4.57 Å². The Morgan fingerprint density at radius 1 is 0.958 bits per heavy atom. The third-order valence-corrected chi connectivity index (χ3v) is 4.53. The summed E-state index contributed by atoms with van der Waals surface area (Å²) in [7, 11) is -4.46. The number of phosphoric ester groups is 1. The monoisotopic (exact) mass is 366 g/mol. The molecular weight excluding hydrogens is 334 g/mol. The molecule has 1 atom stereocenters. The molecule has 0 aliphatic heterocycles. The maximum atomic E-state index is 11.1. The van der Waals surface area contributed by atoms with Gasteiger partial charge in [-0.05, 0) is 12.0 Å². The summed E-state index contributed by atoms with van der Waals surface area (Å²) in [5, 5.41) is 0. The van der Waals surface area contributed by atoms with E-state index in [0.29, 0.717) is 6.42 Å². The molecule has 1 aromatic carbocycles. The first kappa shape index (κ1) is 24.3. The van der Waals surface area contributed by atoms with E-state index in [-0.39, 0.29) is 31.0 Å². The quantitative estimate of drug-likeness (QED) is 0.320. The van der Waals surface area contributed by atoms with E-state index in [1.54, 1.807) is 0 Å². The van der Waals surface area contributed by atoms with E-state index >= 15 is 0 Å². The van der Waals surface area contributed by atoms with Gasteiger partial charge in [0.1, 0.15) is 0 Å². The molecule has 0 radical (unpaired) electrons. The summed E-state index contributed by atoms with van der Waals surface area (Å²) in [4.78, 5) is 18.2. The summed E-state index contributed by atoms with van der Waals surface area (Å²) in [5.41, 5.74) is 0.829. The fourth-order valence-electron chi connectivity index (χ4n) is 2.75. The van der Waals surface area contributed by atoms with Gasteiger partial charge in [-0.2, -0.15) is 0 Å². The van der Waals surface area contributed by atoms with Gasteiger partial charge >= 0.3 is 37.4 Å². The molecule has 134 valence electrons. The van der Waals surface area contributed by atoms with Crippen LogP contribution in [-0.4, -0.2) is 9.79 Å². The van der Waals surface area contributed by atoms with Gasteiger partial charge in [0.25, 0.3) is 0 Å². The van der Waals surface area contributed by atoms with E-state index in [4.69, 9.17) is 14.3 Å². The van der Waals surface area contributed by atoms with Crippen molar-refractivity contribution >= 4 is 7.82 Å². The van der Waals surface area contributed by atoms with Gasteiger partial charge in [0.2, 0.25) is 0 Å². The van der Waals surface area contributed by atoms with Gasteiger partial charge in [-0.3, -0.25) is 4.52 Å². The summed E-state index contributed by atoms with van der Waals surface area (Å²) in [6.07, 6.45) is 11.1. The molecule has 0 amide bonds. The van der Waals surface area contributed by atoms with Crippen LogP contribution in [0.4, 0.5) is 0 Å². The molecule has 2 N–H and O–H groups in total. The Morgan fingerprint density at radius 2 is 1.46 bits per heavy atom. The van der Waals surface area contributed by atoms with Crippen LogP contribution in [0.1, 0.15) is 84.2 Å². The Labute approximate surface area is 170 Å². The van der Waals surface area contributed by atoms with Crippen LogP contribution in [0.15, 0.2) is 30.3 Å².